The Balaban J connectivity index is 2.13. The van der Waals surface area contributed by atoms with E-state index in [1.54, 1.807) is 15.9 Å². The fraction of sp³-hybridized carbons (Fsp3) is 0.571. The van der Waals surface area contributed by atoms with Gasteiger partial charge in [-0.1, -0.05) is 0 Å². The second-order valence-corrected chi connectivity index (χ2v) is 7.22. The number of aromatic nitrogens is 2. The van der Waals surface area contributed by atoms with Gasteiger partial charge in [-0.25, -0.2) is 0 Å². The second-order valence-electron chi connectivity index (χ2n) is 5.61. The monoisotopic (exact) mass is 309 g/mol. The first kappa shape index (κ1) is 14.0. The zero-order chi connectivity index (χ0) is 14.4. The first-order valence-corrected chi connectivity index (χ1v) is 8.14. The van der Waals surface area contributed by atoms with E-state index < -0.39 is 0 Å². The number of aryl methyl sites for hydroxylation is 2. The van der Waals surface area contributed by atoms with Gasteiger partial charge in [0.05, 0.1) is 5.39 Å². The summed E-state index contributed by atoms with van der Waals surface area (Å²) in [4.78, 5) is 20.4. The Bertz CT molecular complexity index is 771. The van der Waals surface area contributed by atoms with Gasteiger partial charge in [0.2, 0.25) is 0 Å². The molecule has 3 rings (SSSR count). The lowest BCUT2D eigenvalue weighted by Crippen LogP contribution is -2.34. The molecule has 4 nitrogen and oxygen atoms in total. The highest BCUT2D eigenvalue weighted by Crippen LogP contribution is 2.26. The first-order valence-electron chi connectivity index (χ1n) is 6.92. The summed E-state index contributed by atoms with van der Waals surface area (Å²) in [5, 5.41) is 0.807. The number of nitrogens with one attached hydrogen (secondary N) is 1. The van der Waals surface area contributed by atoms with E-state index in [0.29, 0.717) is 17.4 Å². The molecule has 1 unspecified atom stereocenters. The van der Waals surface area contributed by atoms with Crippen molar-refractivity contribution in [2.24, 2.45) is 0 Å². The SMILES string of the molecule is Cc1sc2[nH]c(=S)n(CC3CCCN3C)c(=O)c2c1C. The van der Waals surface area contributed by atoms with Gasteiger partial charge in [0.25, 0.3) is 5.56 Å². The molecule has 3 heterocycles. The van der Waals surface area contributed by atoms with Crippen LogP contribution >= 0.6 is 23.6 Å². The third-order valence-electron chi connectivity index (χ3n) is 4.37. The summed E-state index contributed by atoms with van der Waals surface area (Å²) in [6, 6.07) is 0.417. The average Bonchev–Trinajstić information content (AvgIpc) is 2.90. The van der Waals surface area contributed by atoms with Crippen molar-refractivity contribution in [1.29, 1.82) is 0 Å². The van der Waals surface area contributed by atoms with E-state index in [1.807, 2.05) is 13.8 Å². The summed E-state index contributed by atoms with van der Waals surface area (Å²) in [6.45, 7) is 5.85. The molecule has 0 bridgehead atoms. The summed E-state index contributed by atoms with van der Waals surface area (Å²) in [5.74, 6) is 0. The van der Waals surface area contributed by atoms with Crippen LogP contribution in [-0.4, -0.2) is 34.1 Å². The van der Waals surface area contributed by atoms with Crippen LogP contribution < -0.4 is 5.56 Å². The molecule has 0 amide bonds. The van der Waals surface area contributed by atoms with Gasteiger partial charge in [-0.3, -0.25) is 9.36 Å². The largest absolute Gasteiger partial charge is 0.323 e. The van der Waals surface area contributed by atoms with E-state index in [4.69, 9.17) is 12.2 Å². The van der Waals surface area contributed by atoms with Gasteiger partial charge in [-0.2, -0.15) is 0 Å². The van der Waals surface area contributed by atoms with Gasteiger partial charge in [-0.05, 0) is 58.1 Å². The average molecular weight is 309 g/mol. The summed E-state index contributed by atoms with van der Waals surface area (Å²) >= 11 is 7.00. The molecule has 0 aliphatic carbocycles. The zero-order valence-electron chi connectivity index (χ0n) is 12.0. The quantitative estimate of drug-likeness (QED) is 0.867. The lowest BCUT2D eigenvalue weighted by atomic mass is 10.2. The van der Waals surface area contributed by atoms with Crippen molar-refractivity contribution in [3.63, 3.8) is 0 Å². The van der Waals surface area contributed by atoms with Crippen LogP contribution in [0.5, 0.6) is 0 Å². The van der Waals surface area contributed by atoms with Gasteiger partial charge in [0.15, 0.2) is 4.77 Å². The molecule has 1 fully saturated rings. The molecule has 1 aliphatic heterocycles. The maximum absolute atomic E-state index is 12.7. The number of hydrogen-bond donors (Lipinski definition) is 1. The number of likely N-dealkylation sites (N-methyl/N-ethyl adjacent to an activating group) is 1. The lowest BCUT2D eigenvalue weighted by molar-refractivity contribution is 0.278. The Hall–Kier alpha value is -0.980. The van der Waals surface area contributed by atoms with Crippen LogP contribution in [-0.2, 0) is 6.54 Å². The molecule has 0 saturated carbocycles. The van der Waals surface area contributed by atoms with Gasteiger partial charge >= 0.3 is 0 Å². The number of fused-ring (bicyclic) bond motifs is 1. The highest BCUT2D eigenvalue weighted by Gasteiger charge is 2.23. The highest BCUT2D eigenvalue weighted by atomic mass is 32.1. The molecule has 2 aromatic heterocycles. The Kier molecular flexibility index (Phi) is 3.56. The van der Waals surface area contributed by atoms with Crippen LogP contribution in [0.4, 0.5) is 0 Å². The van der Waals surface area contributed by atoms with Gasteiger partial charge in [-0.15, -0.1) is 11.3 Å². The number of nitrogens with zero attached hydrogens (tertiary/aromatic N) is 2. The second kappa shape index (κ2) is 5.09. The van der Waals surface area contributed by atoms with Crippen molar-refractivity contribution in [3.05, 3.63) is 25.6 Å². The molecule has 1 aliphatic rings. The Morgan fingerprint density at radius 2 is 2.20 bits per heavy atom. The number of H-pyrrole nitrogens is 1. The maximum atomic E-state index is 12.7. The molecule has 108 valence electrons. The van der Waals surface area contributed by atoms with Crippen molar-refractivity contribution in [2.45, 2.75) is 39.3 Å². The molecule has 20 heavy (non-hydrogen) atoms. The normalized spacial score (nSPS) is 20.1. The fourth-order valence-corrected chi connectivity index (χ4v) is 4.33. The van der Waals surface area contributed by atoms with Gasteiger partial charge in [0, 0.05) is 17.5 Å². The van der Waals surface area contributed by atoms with E-state index in [0.717, 1.165) is 28.7 Å². The van der Waals surface area contributed by atoms with Crippen LogP contribution in [0.1, 0.15) is 23.3 Å². The van der Waals surface area contributed by atoms with Crippen LogP contribution in [0.3, 0.4) is 0 Å². The molecule has 1 atom stereocenters. The van der Waals surface area contributed by atoms with Crippen molar-refractivity contribution < 1.29 is 0 Å². The van der Waals surface area contributed by atoms with E-state index >= 15 is 0 Å². The van der Waals surface area contributed by atoms with Gasteiger partial charge < -0.3 is 9.88 Å². The molecule has 1 N–H and O–H groups in total. The summed E-state index contributed by atoms with van der Waals surface area (Å²) in [6.07, 6.45) is 2.34. The maximum Gasteiger partial charge on any atom is 0.263 e. The summed E-state index contributed by atoms with van der Waals surface area (Å²) in [5.41, 5.74) is 1.14. The summed E-state index contributed by atoms with van der Waals surface area (Å²) < 4.78 is 2.28. The number of likely N-dealkylation sites (tertiary alicyclic amines) is 1. The number of rotatable bonds is 2. The molecule has 0 aromatic carbocycles. The molecule has 1 saturated heterocycles. The van der Waals surface area contributed by atoms with Crippen LogP contribution in [0.25, 0.3) is 10.2 Å². The van der Waals surface area contributed by atoms with Crippen LogP contribution in [0.15, 0.2) is 4.79 Å². The smallest absolute Gasteiger partial charge is 0.263 e. The Morgan fingerprint density at radius 1 is 1.45 bits per heavy atom. The Morgan fingerprint density at radius 3 is 2.85 bits per heavy atom. The predicted molar refractivity (Wildman–Crippen MR) is 86.4 cm³/mol. The van der Waals surface area contributed by atoms with Crippen molar-refractivity contribution >= 4 is 33.8 Å². The van der Waals surface area contributed by atoms with Crippen molar-refractivity contribution in [1.82, 2.24) is 14.5 Å². The van der Waals surface area contributed by atoms with Crippen molar-refractivity contribution in [3.8, 4) is 0 Å². The third kappa shape index (κ3) is 2.16. The number of thiophene rings is 1. The minimum atomic E-state index is 0.0610. The molecule has 0 spiro atoms. The number of aromatic amines is 1. The van der Waals surface area contributed by atoms with E-state index in [2.05, 4.69) is 16.9 Å². The number of hydrogen-bond acceptors (Lipinski definition) is 4. The van der Waals surface area contributed by atoms with Crippen LogP contribution in [0, 0.1) is 18.6 Å². The minimum absolute atomic E-state index is 0.0610. The van der Waals surface area contributed by atoms with E-state index in [9.17, 15) is 4.79 Å². The van der Waals surface area contributed by atoms with E-state index in [-0.39, 0.29) is 5.56 Å². The van der Waals surface area contributed by atoms with Crippen molar-refractivity contribution in [2.75, 3.05) is 13.6 Å². The molecule has 6 heteroatoms. The standard InChI is InChI=1S/C14H19N3OS2/c1-8-9(2)20-12-11(8)13(18)17(14(19)15-12)7-10-5-4-6-16(10)3/h10H,4-7H2,1-3H3,(H,15,19). The van der Waals surface area contributed by atoms with Gasteiger partial charge in [0.1, 0.15) is 4.83 Å². The molecular weight excluding hydrogens is 290 g/mol. The summed E-state index contributed by atoms with van der Waals surface area (Å²) in [7, 11) is 2.12. The molecule has 2 aromatic rings. The highest BCUT2D eigenvalue weighted by molar-refractivity contribution is 7.71. The van der Waals surface area contributed by atoms with E-state index in [1.165, 1.54) is 11.3 Å². The first-order chi connectivity index (χ1) is 9.49. The minimum Gasteiger partial charge on any atom is -0.323 e. The molecule has 0 radical (unpaired) electrons. The zero-order valence-corrected chi connectivity index (χ0v) is 13.7. The topological polar surface area (TPSA) is 41.0 Å². The lowest BCUT2D eigenvalue weighted by Gasteiger charge is -2.20. The molecular formula is C14H19N3OS2. The van der Waals surface area contributed by atoms with Crippen LogP contribution in [0.2, 0.25) is 0 Å². The Labute approximate surface area is 127 Å². The fourth-order valence-electron chi connectivity index (χ4n) is 2.95. The third-order valence-corrected chi connectivity index (χ3v) is 5.82. The predicted octanol–water partition coefficient (Wildman–Crippen LogP) is 2.83.